The largest absolute Gasteiger partial charge is 0.311 e. The number of anilines is 6. The fourth-order valence-corrected chi connectivity index (χ4v) is 10.1. The van der Waals surface area contributed by atoms with Gasteiger partial charge in [0.15, 0.2) is 0 Å². The summed E-state index contributed by atoms with van der Waals surface area (Å²) < 4.78 is 5.28. The van der Waals surface area contributed by atoms with E-state index in [4.69, 9.17) is 0 Å². The molecule has 0 fully saturated rings. The Morgan fingerprint density at radius 1 is 0.404 bits per heavy atom. The molecule has 5 heteroatoms. The highest BCUT2D eigenvalue weighted by Gasteiger charge is 2.48. The predicted molar refractivity (Wildman–Crippen MR) is 201 cm³/mol. The molecule has 0 spiro atoms. The van der Waals surface area contributed by atoms with Gasteiger partial charge in [0.1, 0.15) is 0 Å². The third-order valence-electron chi connectivity index (χ3n) is 10.7. The van der Waals surface area contributed by atoms with Crippen molar-refractivity contribution >= 4 is 111 Å². The SMILES string of the molecule is c1ccc(N2c3cccc4c3B3c5c2cccc5-n2c5ccc6sc7ccccc7c6c5c5ccc(c3c52)N4c2ccccc2)cc1. The Morgan fingerprint density at radius 3 is 1.70 bits per heavy atom. The van der Waals surface area contributed by atoms with Gasteiger partial charge in [0.2, 0.25) is 0 Å². The smallest absolute Gasteiger partial charge is 0.257 e. The van der Waals surface area contributed by atoms with Crippen molar-refractivity contribution in [3.05, 3.63) is 146 Å². The second kappa shape index (κ2) is 8.52. The van der Waals surface area contributed by atoms with Crippen LogP contribution in [0.1, 0.15) is 0 Å². The lowest BCUT2D eigenvalue weighted by atomic mass is 9.32. The van der Waals surface area contributed by atoms with E-state index in [1.165, 1.54) is 98.2 Å². The van der Waals surface area contributed by atoms with Crippen LogP contribution in [0.4, 0.5) is 34.1 Å². The first-order valence-corrected chi connectivity index (χ1v) is 17.1. The number of aromatic nitrogens is 1. The Balaban J connectivity index is 1.32. The molecule has 216 valence electrons. The summed E-state index contributed by atoms with van der Waals surface area (Å²) in [5, 5.41) is 5.42. The second-order valence-electron chi connectivity index (χ2n) is 12.9. The van der Waals surface area contributed by atoms with Gasteiger partial charge < -0.3 is 14.4 Å². The summed E-state index contributed by atoms with van der Waals surface area (Å²) in [5.41, 5.74) is 15.5. The minimum atomic E-state index is 0.123. The van der Waals surface area contributed by atoms with Crippen molar-refractivity contribution in [1.29, 1.82) is 0 Å². The van der Waals surface area contributed by atoms with Crippen LogP contribution in [0.25, 0.3) is 47.7 Å². The topological polar surface area (TPSA) is 11.4 Å². The Labute approximate surface area is 275 Å². The van der Waals surface area contributed by atoms with Crippen molar-refractivity contribution in [3.63, 3.8) is 0 Å². The zero-order valence-corrected chi connectivity index (χ0v) is 26.0. The molecule has 0 atom stereocenters. The molecule has 12 rings (SSSR count). The summed E-state index contributed by atoms with van der Waals surface area (Å²) in [6.45, 7) is 0.123. The highest BCUT2D eigenvalue weighted by atomic mass is 32.1. The minimum Gasteiger partial charge on any atom is -0.311 e. The maximum absolute atomic E-state index is 2.59. The summed E-state index contributed by atoms with van der Waals surface area (Å²) >= 11 is 1.90. The van der Waals surface area contributed by atoms with Crippen molar-refractivity contribution in [2.45, 2.75) is 0 Å². The lowest BCUT2D eigenvalue weighted by molar-refractivity contribution is 1.17. The van der Waals surface area contributed by atoms with E-state index in [2.05, 4.69) is 160 Å². The molecule has 0 radical (unpaired) electrons. The van der Waals surface area contributed by atoms with E-state index in [0.717, 1.165) is 0 Å². The zero-order valence-electron chi connectivity index (χ0n) is 25.2. The van der Waals surface area contributed by atoms with Crippen molar-refractivity contribution in [1.82, 2.24) is 4.57 Å². The quantitative estimate of drug-likeness (QED) is 0.180. The Hall–Kier alpha value is -5.78. The van der Waals surface area contributed by atoms with Gasteiger partial charge >= 0.3 is 0 Å². The molecule has 0 unspecified atom stereocenters. The van der Waals surface area contributed by atoms with Gasteiger partial charge in [-0.2, -0.15) is 0 Å². The van der Waals surface area contributed by atoms with E-state index in [0.29, 0.717) is 0 Å². The number of nitrogens with zero attached hydrogens (tertiary/aromatic N) is 3. The highest BCUT2D eigenvalue weighted by Crippen LogP contribution is 2.50. The Morgan fingerprint density at radius 2 is 1.00 bits per heavy atom. The Kier molecular flexibility index (Phi) is 4.43. The molecule has 2 aromatic heterocycles. The number of para-hydroxylation sites is 2. The fraction of sp³-hybridized carbons (Fsp3) is 0. The van der Waals surface area contributed by atoms with Crippen LogP contribution in [0, 0.1) is 0 Å². The monoisotopic (exact) mass is 613 g/mol. The average molecular weight is 614 g/mol. The molecule has 9 aromatic rings. The third-order valence-corrected chi connectivity index (χ3v) is 11.8. The van der Waals surface area contributed by atoms with E-state index < -0.39 is 0 Å². The molecular formula is C42H24BN3S. The van der Waals surface area contributed by atoms with Crippen LogP contribution in [0.3, 0.4) is 0 Å². The molecule has 0 amide bonds. The van der Waals surface area contributed by atoms with Crippen LogP contribution in [-0.4, -0.2) is 11.3 Å². The highest BCUT2D eigenvalue weighted by molar-refractivity contribution is 7.26. The number of benzene rings is 7. The van der Waals surface area contributed by atoms with Crippen LogP contribution in [0.5, 0.6) is 0 Å². The van der Waals surface area contributed by atoms with Gasteiger partial charge in [-0.25, -0.2) is 0 Å². The molecule has 0 bridgehead atoms. The van der Waals surface area contributed by atoms with Crippen molar-refractivity contribution in [3.8, 4) is 5.69 Å². The maximum atomic E-state index is 2.59. The first kappa shape index (κ1) is 24.5. The van der Waals surface area contributed by atoms with E-state index in [1.807, 2.05) is 11.3 Å². The van der Waals surface area contributed by atoms with Crippen LogP contribution >= 0.6 is 11.3 Å². The molecular weight excluding hydrogens is 589 g/mol. The zero-order chi connectivity index (χ0) is 30.4. The van der Waals surface area contributed by atoms with Gasteiger partial charge in [-0.05, 0) is 89.2 Å². The lowest BCUT2D eigenvalue weighted by Gasteiger charge is -2.46. The summed E-state index contributed by atoms with van der Waals surface area (Å²) in [6, 6.07) is 54.0. The van der Waals surface area contributed by atoms with Crippen molar-refractivity contribution < 1.29 is 0 Å². The van der Waals surface area contributed by atoms with E-state index in [9.17, 15) is 0 Å². The summed E-state index contributed by atoms with van der Waals surface area (Å²) in [5.74, 6) is 0. The number of hydrogen-bond acceptors (Lipinski definition) is 3. The molecule has 47 heavy (non-hydrogen) atoms. The third kappa shape index (κ3) is 2.87. The van der Waals surface area contributed by atoms with Crippen LogP contribution in [-0.2, 0) is 0 Å². The molecule has 0 saturated heterocycles. The van der Waals surface area contributed by atoms with Crippen molar-refractivity contribution in [2.24, 2.45) is 0 Å². The Bertz CT molecular complexity index is 2800. The van der Waals surface area contributed by atoms with Crippen molar-refractivity contribution in [2.75, 3.05) is 9.80 Å². The number of thiophene rings is 1. The molecule has 5 heterocycles. The maximum Gasteiger partial charge on any atom is 0.257 e. The predicted octanol–water partition coefficient (Wildman–Crippen LogP) is 9.55. The normalized spacial score (nSPS) is 13.8. The van der Waals surface area contributed by atoms with Gasteiger partial charge in [0, 0.05) is 70.8 Å². The number of fused-ring (bicyclic) bond motifs is 8. The van der Waals surface area contributed by atoms with Gasteiger partial charge in [-0.15, -0.1) is 11.3 Å². The summed E-state index contributed by atoms with van der Waals surface area (Å²) in [6.07, 6.45) is 0. The number of hydrogen-bond donors (Lipinski definition) is 0. The van der Waals surface area contributed by atoms with Gasteiger partial charge in [-0.1, -0.05) is 72.8 Å². The van der Waals surface area contributed by atoms with Crippen LogP contribution < -0.4 is 26.2 Å². The minimum absolute atomic E-state index is 0.123. The summed E-state index contributed by atoms with van der Waals surface area (Å²) in [4.78, 5) is 4.99. The first-order chi connectivity index (χ1) is 23.4. The molecule has 0 N–H and O–H groups in total. The van der Waals surface area contributed by atoms with Crippen LogP contribution in [0.2, 0.25) is 0 Å². The molecule has 3 nitrogen and oxygen atoms in total. The van der Waals surface area contributed by atoms with E-state index >= 15 is 0 Å². The second-order valence-corrected chi connectivity index (χ2v) is 13.9. The molecule has 0 saturated carbocycles. The van der Waals surface area contributed by atoms with Gasteiger partial charge in [0.25, 0.3) is 6.71 Å². The van der Waals surface area contributed by atoms with Crippen LogP contribution in [0.15, 0.2) is 146 Å². The standard InChI is InChI=1S/C42H24BN3S/c1-3-11-25(12-4-1)44-30-16-9-17-31-39(30)43-40-32(44)18-10-19-33(40)46-29-23-24-36-38(27-15-7-8-20-35(27)47-36)37(29)28-21-22-34(41(43)42(28)46)45(31)26-13-5-2-6-14-26/h1-24H. The van der Waals surface area contributed by atoms with E-state index in [1.54, 1.807) is 0 Å². The molecule has 3 aliphatic heterocycles. The molecule has 3 aliphatic rings. The first-order valence-electron chi connectivity index (χ1n) is 16.2. The average Bonchev–Trinajstić information content (AvgIpc) is 3.68. The molecule has 7 aromatic carbocycles. The lowest BCUT2D eigenvalue weighted by Crippen LogP contribution is -2.64. The van der Waals surface area contributed by atoms with Gasteiger partial charge in [0.05, 0.1) is 11.0 Å². The van der Waals surface area contributed by atoms with Gasteiger partial charge in [-0.3, -0.25) is 0 Å². The number of rotatable bonds is 2. The fourth-order valence-electron chi connectivity index (χ4n) is 9.01. The van der Waals surface area contributed by atoms with E-state index in [-0.39, 0.29) is 6.71 Å². The summed E-state index contributed by atoms with van der Waals surface area (Å²) in [7, 11) is 0. The molecule has 0 aliphatic carbocycles.